The summed E-state index contributed by atoms with van der Waals surface area (Å²) in [5.74, 6) is -1.02. The Morgan fingerprint density at radius 3 is 2.90 bits per heavy atom. The monoisotopic (exact) mass is 277 g/mol. The average molecular weight is 277 g/mol. The number of carboxylic acid groups (broad SMARTS) is 1. The second kappa shape index (κ2) is 6.43. The van der Waals surface area contributed by atoms with Gasteiger partial charge in [0.2, 0.25) is 0 Å². The quantitative estimate of drug-likeness (QED) is 0.804. The van der Waals surface area contributed by atoms with Gasteiger partial charge >= 0.3 is 19.1 Å². The third kappa shape index (κ3) is 3.51. The number of para-hydroxylation sites is 1. The molecule has 0 unspecified atom stereocenters. The zero-order valence-electron chi connectivity index (χ0n) is 11.2. The lowest BCUT2D eigenvalue weighted by Crippen LogP contribution is -2.41. The predicted molar refractivity (Wildman–Crippen MR) is 72.3 cm³/mol. The highest BCUT2D eigenvalue weighted by molar-refractivity contribution is 6.47. The first-order chi connectivity index (χ1) is 9.60. The van der Waals surface area contributed by atoms with Crippen molar-refractivity contribution in [1.82, 2.24) is 5.32 Å². The SMILES string of the molecule is CCB1OC(=O)[C@@H](CC(=O)O)NCc2ccccc2O1. The van der Waals surface area contributed by atoms with Crippen LogP contribution >= 0.6 is 0 Å². The van der Waals surface area contributed by atoms with E-state index in [0.717, 1.165) is 5.56 Å². The Hall–Kier alpha value is -2.02. The summed E-state index contributed by atoms with van der Waals surface area (Å²) in [4.78, 5) is 22.8. The molecule has 0 bridgehead atoms. The molecule has 2 N–H and O–H groups in total. The fourth-order valence-electron chi connectivity index (χ4n) is 1.96. The van der Waals surface area contributed by atoms with Crippen molar-refractivity contribution in [3.05, 3.63) is 29.8 Å². The lowest BCUT2D eigenvalue weighted by molar-refractivity contribution is -0.145. The maximum atomic E-state index is 11.9. The smallest absolute Gasteiger partial charge is 0.526 e. The number of carbonyl (C=O) groups excluding carboxylic acids is 1. The Morgan fingerprint density at radius 1 is 1.45 bits per heavy atom. The van der Waals surface area contributed by atoms with Crippen molar-refractivity contribution in [2.75, 3.05) is 0 Å². The van der Waals surface area contributed by atoms with Gasteiger partial charge in [0.15, 0.2) is 0 Å². The minimum absolute atomic E-state index is 0.322. The number of hydrogen-bond acceptors (Lipinski definition) is 5. The van der Waals surface area contributed by atoms with Crippen molar-refractivity contribution >= 4 is 19.1 Å². The van der Waals surface area contributed by atoms with Gasteiger partial charge in [0.05, 0.1) is 6.42 Å². The molecule has 1 aliphatic rings. The third-order valence-electron chi connectivity index (χ3n) is 3.01. The Kier molecular flexibility index (Phi) is 4.63. The van der Waals surface area contributed by atoms with E-state index in [9.17, 15) is 9.59 Å². The van der Waals surface area contributed by atoms with Crippen LogP contribution in [-0.2, 0) is 20.8 Å². The lowest BCUT2D eigenvalue weighted by atomic mass is 9.85. The minimum atomic E-state index is -1.05. The van der Waals surface area contributed by atoms with Gasteiger partial charge < -0.3 is 14.4 Å². The van der Waals surface area contributed by atoms with Crippen LogP contribution in [-0.4, -0.2) is 30.2 Å². The van der Waals surface area contributed by atoms with E-state index in [1.54, 1.807) is 6.07 Å². The van der Waals surface area contributed by atoms with E-state index in [0.29, 0.717) is 18.6 Å². The van der Waals surface area contributed by atoms with E-state index in [4.69, 9.17) is 14.4 Å². The van der Waals surface area contributed by atoms with Crippen LogP contribution in [0.1, 0.15) is 18.9 Å². The number of benzene rings is 1. The maximum Gasteiger partial charge on any atom is 0.596 e. The number of rotatable bonds is 3. The summed E-state index contributed by atoms with van der Waals surface area (Å²) in [6.45, 7) is 2.18. The number of carboxylic acids is 1. The maximum absolute atomic E-state index is 11.9. The molecule has 20 heavy (non-hydrogen) atoms. The Labute approximate surface area is 117 Å². The first kappa shape index (κ1) is 14.4. The molecule has 0 saturated carbocycles. The first-order valence-electron chi connectivity index (χ1n) is 6.50. The van der Waals surface area contributed by atoms with Crippen LogP contribution in [0.3, 0.4) is 0 Å². The predicted octanol–water partition coefficient (Wildman–Crippen LogP) is 1.06. The fourth-order valence-corrected chi connectivity index (χ4v) is 1.96. The Bertz CT molecular complexity index is 507. The van der Waals surface area contributed by atoms with Gasteiger partial charge in [-0.15, -0.1) is 0 Å². The van der Waals surface area contributed by atoms with Crippen molar-refractivity contribution in [2.24, 2.45) is 0 Å². The summed E-state index contributed by atoms with van der Waals surface area (Å²) >= 11 is 0. The molecule has 0 saturated heterocycles. The molecule has 0 radical (unpaired) electrons. The van der Waals surface area contributed by atoms with Crippen LogP contribution in [0.2, 0.25) is 6.32 Å². The van der Waals surface area contributed by atoms with Crippen LogP contribution in [0, 0.1) is 0 Å². The second-order valence-corrected chi connectivity index (χ2v) is 4.53. The molecule has 7 heteroatoms. The van der Waals surface area contributed by atoms with Crippen LogP contribution in [0.5, 0.6) is 5.75 Å². The molecule has 0 aromatic heterocycles. The van der Waals surface area contributed by atoms with Gasteiger partial charge in [-0.25, -0.2) is 0 Å². The fraction of sp³-hybridized carbons (Fsp3) is 0.385. The van der Waals surface area contributed by atoms with E-state index in [1.807, 2.05) is 25.1 Å². The molecule has 1 aliphatic heterocycles. The van der Waals surface area contributed by atoms with Gasteiger partial charge in [0.1, 0.15) is 11.8 Å². The molecule has 106 valence electrons. The molecule has 0 aliphatic carbocycles. The topological polar surface area (TPSA) is 84.9 Å². The van der Waals surface area contributed by atoms with Crippen molar-refractivity contribution in [2.45, 2.75) is 32.3 Å². The molecular weight excluding hydrogens is 261 g/mol. The second-order valence-electron chi connectivity index (χ2n) is 4.53. The number of aliphatic carboxylic acids is 1. The number of nitrogens with one attached hydrogen (secondary N) is 1. The molecule has 2 rings (SSSR count). The van der Waals surface area contributed by atoms with E-state index in [1.165, 1.54) is 0 Å². The van der Waals surface area contributed by atoms with E-state index in [-0.39, 0.29) is 6.42 Å². The van der Waals surface area contributed by atoms with Gasteiger partial charge in [-0.1, -0.05) is 25.1 Å². The molecular formula is C13H16BNO5. The molecule has 1 heterocycles. The highest BCUT2D eigenvalue weighted by atomic mass is 16.6. The van der Waals surface area contributed by atoms with Gasteiger partial charge in [-0.2, -0.15) is 0 Å². The zero-order chi connectivity index (χ0) is 14.5. The molecule has 0 fully saturated rings. The molecule has 1 aromatic carbocycles. The van der Waals surface area contributed by atoms with Gasteiger partial charge in [-0.05, 0) is 6.07 Å². The van der Waals surface area contributed by atoms with E-state index in [2.05, 4.69) is 5.32 Å². The van der Waals surface area contributed by atoms with Crippen molar-refractivity contribution in [1.29, 1.82) is 0 Å². The van der Waals surface area contributed by atoms with Crippen LogP contribution in [0.25, 0.3) is 0 Å². The van der Waals surface area contributed by atoms with Crippen molar-refractivity contribution < 1.29 is 24.0 Å². The van der Waals surface area contributed by atoms with E-state index >= 15 is 0 Å². The number of carbonyl (C=O) groups is 2. The average Bonchev–Trinajstić information content (AvgIpc) is 2.48. The van der Waals surface area contributed by atoms with Crippen LogP contribution in [0.4, 0.5) is 0 Å². The highest BCUT2D eigenvalue weighted by Crippen LogP contribution is 2.21. The van der Waals surface area contributed by atoms with Crippen molar-refractivity contribution in [3.8, 4) is 5.75 Å². The first-order valence-corrected chi connectivity index (χ1v) is 6.50. The highest BCUT2D eigenvalue weighted by Gasteiger charge is 2.31. The normalized spacial score (nSPS) is 18.9. The van der Waals surface area contributed by atoms with E-state index < -0.39 is 25.1 Å². The third-order valence-corrected chi connectivity index (χ3v) is 3.01. The van der Waals surface area contributed by atoms with Gasteiger partial charge in [0, 0.05) is 18.4 Å². The molecule has 6 nitrogen and oxygen atoms in total. The van der Waals surface area contributed by atoms with Gasteiger partial charge in [0.25, 0.3) is 0 Å². The Balaban J connectivity index is 2.25. The van der Waals surface area contributed by atoms with Crippen molar-refractivity contribution in [3.63, 3.8) is 0 Å². The standard InChI is InChI=1S/C13H16BNO5/c1-2-14-19-11-6-4-3-5-9(11)8-15-10(7-12(16)17)13(18)20-14/h3-6,10,15H,2,7-8H2,1H3,(H,16,17)/t10-/m1/s1. The summed E-state index contributed by atoms with van der Waals surface area (Å²) in [6, 6.07) is 6.47. The lowest BCUT2D eigenvalue weighted by Gasteiger charge is -2.16. The number of fused-ring (bicyclic) bond motifs is 1. The van der Waals surface area contributed by atoms with Crippen LogP contribution < -0.4 is 9.97 Å². The molecule has 1 atom stereocenters. The summed E-state index contributed by atoms with van der Waals surface area (Å²) in [6.07, 6.45) is 0.164. The zero-order valence-corrected chi connectivity index (χ0v) is 11.2. The Morgan fingerprint density at radius 2 is 2.20 bits per heavy atom. The van der Waals surface area contributed by atoms with Crippen LogP contribution in [0.15, 0.2) is 24.3 Å². The largest absolute Gasteiger partial charge is 0.596 e. The summed E-state index contributed by atoms with van der Waals surface area (Å²) in [7, 11) is -0.708. The minimum Gasteiger partial charge on any atom is -0.526 e. The number of hydrogen-bond donors (Lipinski definition) is 2. The van der Waals surface area contributed by atoms with Gasteiger partial charge in [-0.3, -0.25) is 14.9 Å². The summed E-state index contributed by atoms with van der Waals surface area (Å²) in [5, 5.41) is 11.8. The molecule has 0 amide bonds. The molecule has 0 spiro atoms. The molecule has 1 aromatic rings. The summed E-state index contributed by atoms with van der Waals surface area (Å²) in [5.41, 5.74) is 0.861. The summed E-state index contributed by atoms with van der Waals surface area (Å²) < 4.78 is 10.9.